The molecule has 2 N–H and O–H groups in total. The van der Waals surface area contributed by atoms with E-state index in [0.717, 1.165) is 21.8 Å². The molecule has 0 aliphatic rings. The van der Waals surface area contributed by atoms with Gasteiger partial charge in [-0.05, 0) is 43.2 Å². The van der Waals surface area contributed by atoms with Gasteiger partial charge in [0, 0.05) is 4.88 Å². The van der Waals surface area contributed by atoms with Gasteiger partial charge < -0.3 is 15.0 Å². The number of aromatic nitrogens is 1. The summed E-state index contributed by atoms with van der Waals surface area (Å²) in [5.74, 6) is 1.88. The highest BCUT2D eigenvalue weighted by Gasteiger charge is 2.20. The molecule has 0 bridgehead atoms. The lowest BCUT2D eigenvalue weighted by Crippen LogP contribution is -1.89. The van der Waals surface area contributed by atoms with Gasteiger partial charge in [0.2, 0.25) is 0 Å². The van der Waals surface area contributed by atoms with Gasteiger partial charge in [-0.3, -0.25) is 0 Å². The molecule has 0 fully saturated rings. The number of hydrogen-bond donors (Lipinski definition) is 1. The molecule has 0 atom stereocenters. The molecule has 0 aliphatic heterocycles. The normalized spacial score (nSPS) is 10.8. The molecule has 0 unspecified atom stereocenters. The third-order valence-electron chi connectivity index (χ3n) is 3.47. The van der Waals surface area contributed by atoms with E-state index in [-0.39, 0.29) is 0 Å². The smallest absolute Gasteiger partial charge is 0.186 e. The summed E-state index contributed by atoms with van der Waals surface area (Å²) >= 11 is 1.68. The number of nitrogens with two attached hydrogens (primary N) is 1. The Hall–Kier alpha value is -2.27. The average molecular weight is 300 g/mol. The molecule has 108 valence electrons. The second kappa shape index (κ2) is 5.26. The zero-order valence-corrected chi connectivity index (χ0v) is 13.0. The maximum absolute atomic E-state index is 6.01. The zero-order chi connectivity index (χ0) is 15.0. The van der Waals surface area contributed by atoms with Crippen molar-refractivity contribution in [1.82, 2.24) is 5.16 Å². The minimum absolute atomic E-state index is 0.391. The lowest BCUT2D eigenvalue weighted by atomic mass is 10.0. The van der Waals surface area contributed by atoms with Gasteiger partial charge in [0.15, 0.2) is 11.6 Å². The molecule has 0 amide bonds. The molecule has 21 heavy (non-hydrogen) atoms. The number of nitrogens with zero attached hydrogens (tertiary/aromatic N) is 1. The van der Waals surface area contributed by atoms with Gasteiger partial charge in [-0.25, -0.2) is 0 Å². The number of hydrogen-bond acceptors (Lipinski definition) is 5. The van der Waals surface area contributed by atoms with Crippen molar-refractivity contribution in [1.29, 1.82) is 0 Å². The van der Waals surface area contributed by atoms with Crippen LogP contribution in [0.25, 0.3) is 21.8 Å². The molecular weight excluding hydrogens is 284 g/mol. The lowest BCUT2D eigenvalue weighted by Gasteiger charge is -2.04. The maximum atomic E-state index is 6.01. The van der Waals surface area contributed by atoms with E-state index in [1.807, 2.05) is 24.3 Å². The van der Waals surface area contributed by atoms with E-state index in [1.54, 1.807) is 18.4 Å². The minimum atomic E-state index is 0.391. The van der Waals surface area contributed by atoms with E-state index in [1.165, 1.54) is 10.4 Å². The first-order valence-electron chi connectivity index (χ1n) is 6.57. The molecule has 3 aromatic rings. The molecule has 4 nitrogen and oxygen atoms in total. The first kappa shape index (κ1) is 13.7. The summed E-state index contributed by atoms with van der Waals surface area (Å²) in [6.45, 7) is 4.18. The third-order valence-corrected chi connectivity index (χ3v) is 4.62. The van der Waals surface area contributed by atoms with E-state index < -0.39 is 0 Å². The highest BCUT2D eigenvalue weighted by molar-refractivity contribution is 7.15. The van der Waals surface area contributed by atoms with Gasteiger partial charge in [-0.15, -0.1) is 11.3 Å². The topological polar surface area (TPSA) is 61.3 Å². The minimum Gasteiger partial charge on any atom is -0.497 e. The van der Waals surface area contributed by atoms with E-state index >= 15 is 0 Å². The van der Waals surface area contributed by atoms with Gasteiger partial charge in [0.05, 0.1) is 17.6 Å². The number of rotatable bonds is 3. The summed E-state index contributed by atoms with van der Waals surface area (Å²) < 4.78 is 10.7. The molecule has 2 heterocycles. The highest BCUT2D eigenvalue weighted by Crippen LogP contribution is 2.41. The molecule has 0 saturated carbocycles. The number of nitrogen functional groups attached to an aromatic ring is 1. The van der Waals surface area contributed by atoms with Gasteiger partial charge >= 0.3 is 0 Å². The quantitative estimate of drug-likeness (QED) is 0.784. The molecule has 0 radical (unpaired) electrons. The molecule has 0 saturated heterocycles. The Labute approximate surface area is 127 Å². The van der Waals surface area contributed by atoms with Gasteiger partial charge in [-0.2, -0.15) is 0 Å². The summed E-state index contributed by atoms with van der Waals surface area (Å²) in [5.41, 5.74) is 9.00. The van der Waals surface area contributed by atoms with Crippen LogP contribution in [0.1, 0.15) is 10.4 Å². The van der Waals surface area contributed by atoms with Crippen LogP contribution in [0.3, 0.4) is 0 Å². The highest BCUT2D eigenvalue weighted by atomic mass is 32.1. The zero-order valence-electron chi connectivity index (χ0n) is 12.1. The lowest BCUT2D eigenvalue weighted by molar-refractivity contribution is 0.415. The largest absolute Gasteiger partial charge is 0.497 e. The second-order valence-electron chi connectivity index (χ2n) is 4.85. The van der Waals surface area contributed by atoms with Crippen LogP contribution in [0.5, 0.6) is 5.75 Å². The van der Waals surface area contributed by atoms with Crippen molar-refractivity contribution in [3.63, 3.8) is 0 Å². The Balaban J connectivity index is 2.16. The number of benzene rings is 1. The molecule has 5 heteroatoms. The van der Waals surface area contributed by atoms with Crippen LogP contribution in [-0.2, 0) is 0 Å². The number of ether oxygens (including phenoxy) is 1. The number of aryl methyl sites for hydroxylation is 2. The van der Waals surface area contributed by atoms with E-state index in [2.05, 4.69) is 25.1 Å². The Morgan fingerprint density at radius 3 is 2.71 bits per heavy atom. The molecule has 0 aliphatic carbocycles. The fourth-order valence-electron chi connectivity index (χ4n) is 2.21. The van der Waals surface area contributed by atoms with Gasteiger partial charge in [-0.1, -0.05) is 17.3 Å². The fraction of sp³-hybridized carbons (Fsp3) is 0.188. The standard InChI is InChI=1S/C16H16N2O2S/c1-9-7-13(21-10(9)2)15-14(16(17)18-20-15)11-5-4-6-12(8-11)19-3/h4-8H,1-3H3,(H2,17,18). The van der Waals surface area contributed by atoms with Crippen molar-refractivity contribution in [2.45, 2.75) is 13.8 Å². The van der Waals surface area contributed by atoms with Crippen molar-refractivity contribution in [2.24, 2.45) is 0 Å². The Kier molecular flexibility index (Phi) is 3.43. The van der Waals surface area contributed by atoms with Crippen molar-refractivity contribution in [2.75, 3.05) is 12.8 Å². The van der Waals surface area contributed by atoms with Crippen LogP contribution < -0.4 is 10.5 Å². The number of methoxy groups -OCH3 is 1. The van der Waals surface area contributed by atoms with E-state index in [9.17, 15) is 0 Å². The predicted octanol–water partition coefficient (Wildman–Crippen LogP) is 4.28. The van der Waals surface area contributed by atoms with Crippen LogP contribution in [-0.4, -0.2) is 12.3 Å². The van der Waals surface area contributed by atoms with E-state index in [0.29, 0.717) is 11.6 Å². The van der Waals surface area contributed by atoms with Crippen molar-refractivity contribution >= 4 is 17.2 Å². The summed E-state index contributed by atoms with van der Waals surface area (Å²) in [7, 11) is 1.64. The van der Waals surface area contributed by atoms with Crippen LogP contribution in [0.2, 0.25) is 0 Å². The number of anilines is 1. The Morgan fingerprint density at radius 2 is 2.05 bits per heavy atom. The maximum Gasteiger partial charge on any atom is 0.186 e. The second-order valence-corrected chi connectivity index (χ2v) is 6.11. The Morgan fingerprint density at radius 1 is 1.24 bits per heavy atom. The SMILES string of the molecule is COc1cccc(-c2c(N)noc2-c2cc(C)c(C)s2)c1. The van der Waals surface area contributed by atoms with Crippen LogP contribution in [0.15, 0.2) is 34.9 Å². The van der Waals surface area contributed by atoms with Crippen molar-refractivity contribution < 1.29 is 9.26 Å². The predicted molar refractivity (Wildman–Crippen MR) is 85.7 cm³/mol. The first-order valence-corrected chi connectivity index (χ1v) is 7.38. The monoisotopic (exact) mass is 300 g/mol. The van der Waals surface area contributed by atoms with Crippen molar-refractivity contribution in [3.8, 4) is 27.5 Å². The van der Waals surface area contributed by atoms with Crippen LogP contribution in [0.4, 0.5) is 5.82 Å². The van der Waals surface area contributed by atoms with E-state index in [4.69, 9.17) is 15.0 Å². The fourth-order valence-corrected chi connectivity index (χ4v) is 3.23. The van der Waals surface area contributed by atoms with Crippen molar-refractivity contribution in [3.05, 3.63) is 40.8 Å². The third kappa shape index (κ3) is 2.40. The summed E-state index contributed by atoms with van der Waals surface area (Å²) in [5, 5.41) is 3.93. The van der Waals surface area contributed by atoms with Gasteiger partial charge in [0.25, 0.3) is 0 Å². The van der Waals surface area contributed by atoms with Gasteiger partial charge in [0.1, 0.15) is 5.75 Å². The molecule has 2 aromatic heterocycles. The Bertz CT molecular complexity index is 770. The summed E-state index contributed by atoms with van der Waals surface area (Å²) in [4.78, 5) is 2.29. The van der Waals surface area contributed by atoms with Crippen LogP contribution >= 0.6 is 11.3 Å². The molecule has 3 rings (SSSR count). The first-order chi connectivity index (χ1) is 10.1. The molecule has 1 aromatic carbocycles. The number of thiophene rings is 1. The summed E-state index contributed by atoms with van der Waals surface area (Å²) in [6, 6.07) is 9.83. The molecule has 0 spiro atoms. The average Bonchev–Trinajstić information content (AvgIpc) is 3.02. The van der Waals surface area contributed by atoms with Crippen LogP contribution in [0, 0.1) is 13.8 Å². The summed E-state index contributed by atoms with van der Waals surface area (Å²) in [6.07, 6.45) is 0. The molecular formula is C16H16N2O2S.